The number of aliphatic hydroxyl groups excluding tert-OH is 1. The lowest BCUT2D eigenvalue weighted by molar-refractivity contribution is 0.0687. The molecule has 0 radical (unpaired) electrons. The summed E-state index contributed by atoms with van der Waals surface area (Å²) in [5, 5.41) is 20.5. The summed E-state index contributed by atoms with van der Waals surface area (Å²) in [4.78, 5) is 25.0. The minimum absolute atomic E-state index is 0.0946. The van der Waals surface area contributed by atoms with Crippen LogP contribution in [0.2, 0.25) is 0 Å². The quantitative estimate of drug-likeness (QED) is 0.672. The molecule has 1 amide bonds. The lowest BCUT2D eigenvalue weighted by Crippen LogP contribution is -2.14. The number of carboxylic acid groups (broad SMARTS) is 1. The van der Waals surface area contributed by atoms with Crippen LogP contribution in [0.1, 0.15) is 21.6 Å². The zero-order valence-corrected chi connectivity index (χ0v) is 11.0. The number of nitrogens with one attached hydrogen (secondary N) is 2. The van der Waals surface area contributed by atoms with E-state index in [2.05, 4.69) is 10.3 Å². The number of ether oxygens (including phenoxy) is 1. The highest BCUT2D eigenvalue weighted by molar-refractivity contribution is 5.93. The topological polar surface area (TPSA) is 112 Å². The van der Waals surface area contributed by atoms with Gasteiger partial charge in [0.2, 0.25) is 0 Å². The normalized spacial score (nSPS) is 10.1. The predicted octanol–water partition coefficient (Wildman–Crippen LogP) is 1.95. The minimum Gasteiger partial charge on any atom is -0.477 e. The Morgan fingerprint density at radius 1 is 1.24 bits per heavy atom. The van der Waals surface area contributed by atoms with Gasteiger partial charge in [-0.25, -0.2) is 9.59 Å². The van der Waals surface area contributed by atoms with E-state index in [1.165, 1.54) is 6.20 Å². The molecule has 21 heavy (non-hydrogen) atoms. The van der Waals surface area contributed by atoms with Crippen LogP contribution in [0.5, 0.6) is 0 Å². The van der Waals surface area contributed by atoms with Crippen molar-refractivity contribution in [3.8, 4) is 0 Å². The molecule has 0 aliphatic carbocycles. The number of benzene rings is 1. The molecule has 0 saturated carbocycles. The fourth-order valence-electron chi connectivity index (χ4n) is 1.79. The van der Waals surface area contributed by atoms with E-state index in [1.54, 1.807) is 0 Å². The molecule has 0 saturated heterocycles. The van der Waals surface area contributed by atoms with Crippen molar-refractivity contribution in [1.82, 2.24) is 4.98 Å². The largest absolute Gasteiger partial charge is 0.477 e. The molecule has 7 heteroatoms. The second-order valence-corrected chi connectivity index (χ2v) is 4.21. The number of carbonyl (C=O) groups excluding carboxylic acids is 1. The van der Waals surface area contributed by atoms with E-state index in [0.717, 1.165) is 5.56 Å². The van der Waals surface area contributed by atoms with Crippen molar-refractivity contribution in [2.24, 2.45) is 0 Å². The van der Waals surface area contributed by atoms with E-state index in [-0.39, 0.29) is 23.6 Å². The number of hydrogen-bond acceptors (Lipinski definition) is 4. The first-order chi connectivity index (χ1) is 10.1. The second kappa shape index (κ2) is 6.58. The molecule has 2 aromatic rings. The van der Waals surface area contributed by atoms with Crippen molar-refractivity contribution in [2.75, 3.05) is 5.32 Å². The zero-order valence-electron chi connectivity index (χ0n) is 11.0. The summed E-state index contributed by atoms with van der Waals surface area (Å²) in [7, 11) is 0. The van der Waals surface area contributed by atoms with Crippen LogP contribution in [0.25, 0.3) is 0 Å². The van der Waals surface area contributed by atoms with E-state index >= 15 is 0 Å². The van der Waals surface area contributed by atoms with Crippen LogP contribution < -0.4 is 5.32 Å². The average molecular weight is 290 g/mol. The average Bonchev–Trinajstić information content (AvgIpc) is 2.89. The van der Waals surface area contributed by atoms with Gasteiger partial charge >= 0.3 is 12.1 Å². The third-order valence-corrected chi connectivity index (χ3v) is 2.81. The molecule has 0 bridgehead atoms. The Morgan fingerprint density at radius 2 is 1.95 bits per heavy atom. The molecule has 2 rings (SSSR count). The first-order valence-electron chi connectivity index (χ1n) is 6.14. The van der Waals surface area contributed by atoms with Crippen LogP contribution in [-0.2, 0) is 18.0 Å². The lowest BCUT2D eigenvalue weighted by Gasteiger charge is -2.07. The van der Waals surface area contributed by atoms with Crippen LogP contribution in [0.15, 0.2) is 36.5 Å². The van der Waals surface area contributed by atoms with Gasteiger partial charge in [-0.3, -0.25) is 5.32 Å². The number of aromatic nitrogens is 1. The van der Waals surface area contributed by atoms with Gasteiger partial charge in [-0.2, -0.15) is 0 Å². The maximum absolute atomic E-state index is 11.7. The molecule has 0 spiro atoms. The number of aliphatic hydroxyl groups is 1. The van der Waals surface area contributed by atoms with Gasteiger partial charge in [0.15, 0.2) is 0 Å². The zero-order chi connectivity index (χ0) is 15.2. The molecular formula is C14H14N2O5. The van der Waals surface area contributed by atoms with Crippen LogP contribution in [0.4, 0.5) is 10.5 Å². The summed E-state index contributed by atoms with van der Waals surface area (Å²) in [6, 6.07) is 9.12. The third kappa shape index (κ3) is 3.61. The van der Waals surface area contributed by atoms with E-state index in [9.17, 15) is 14.7 Å². The summed E-state index contributed by atoms with van der Waals surface area (Å²) in [5.74, 6) is -1.22. The summed E-state index contributed by atoms with van der Waals surface area (Å²) in [6.07, 6.45) is 0.559. The summed E-state index contributed by atoms with van der Waals surface area (Å²) in [6.45, 7) is -0.420. The number of anilines is 1. The molecule has 1 aromatic carbocycles. The molecule has 4 N–H and O–H groups in total. The maximum Gasteiger partial charge on any atom is 0.412 e. The molecule has 0 aliphatic heterocycles. The number of amides is 1. The number of carboxylic acids is 1. The third-order valence-electron chi connectivity index (χ3n) is 2.81. The van der Waals surface area contributed by atoms with E-state index in [1.807, 2.05) is 30.3 Å². The van der Waals surface area contributed by atoms with E-state index < -0.39 is 18.7 Å². The summed E-state index contributed by atoms with van der Waals surface area (Å²) >= 11 is 0. The molecule has 110 valence electrons. The monoisotopic (exact) mass is 290 g/mol. The van der Waals surface area contributed by atoms with Gasteiger partial charge in [-0.05, 0) is 5.56 Å². The van der Waals surface area contributed by atoms with Crippen molar-refractivity contribution < 1.29 is 24.5 Å². The van der Waals surface area contributed by atoms with Gasteiger partial charge in [-0.15, -0.1) is 0 Å². The van der Waals surface area contributed by atoms with Crippen molar-refractivity contribution in [1.29, 1.82) is 0 Å². The Bertz CT molecular complexity index is 636. The van der Waals surface area contributed by atoms with Crippen molar-refractivity contribution in [3.05, 3.63) is 53.3 Å². The molecule has 1 aromatic heterocycles. The Labute approximate surface area is 120 Å². The SMILES string of the molecule is O=C(Nc1c[nH]c(C(=O)O)c1CO)OCc1ccccc1. The molecule has 0 fully saturated rings. The van der Waals surface area contributed by atoms with Crippen LogP contribution in [0.3, 0.4) is 0 Å². The Hall–Kier alpha value is -2.80. The first kappa shape index (κ1) is 14.6. The minimum atomic E-state index is -1.22. The number of carbonyl (C=O) groups is 2. The number of rotatable bonds is 5. The highest BCUT2D eigenvalue weighted by Crippen LogP contribution is 2.20. The fraction of sp³-hybridized carbons (Fsp3) is 0.143. The van der Waals surface area contributed by atoms with Crippen LogP contribution in [0, 0.1) is 0 Å². The second-order valence-electron chi connectivity index (χ2n) is 4.21. The molecule has 7 nitrogen and oxygen atoms in total. The van der Waals surface area contributed by atoms with Gasteiger partial charge in [-0.1, -0.05) is 30.3 Å². The van der Waals surface area contributed by atoms with Gasteiger partial charge in [0, 0.05) is 11.8 Å². The predicted molar refractivity (Wildman–Crippen MR) is 73.9 cm³/mol. The van der Waals surface area contributed by atoms with Gasteiger partial charge < -0.3 is 19.9 Å². The summed E-state index contributed by atoms with van der Waals surface area (Å²) < 4.78 is 5.01. The maximum atomic E-state index is 11.7. The molecule has 0 atom stereocenters. The van der Waals surface area contributed by atoms with Crippen LogP contribution >= 0.6 is 0 Å². The fourth-order valence-corrected chi connectivity index (χ4v) is 1.79. The van der Waals surface area contributed by atoms with Gasteiger partial charge in [0.05, 0.1) is 12.3 Å². The number of H-pyrrole nitrogens is 1. The smallest absolute Gasteiger partial charge is 0.412 e. The van der Waals surface area contributed by atoms with Gasteiger partial charge in [0.1, 0.15) is 12.3 Å². The highest BCUT2D eigenvalue weighted by atomic mass is 16.5. The van der Waals surface area contributed by atoms with E-state index in [4.69, 9.17) is 9.84 Å². The Balaban J connectivity index is 1.98. The highest BCUT2D eigenvalue weighted by Gasteiger charge is 2.17. The standard InChI is InChI=1S/C14H14N2O5/c17-7-10-11(6-15-12(10)13(18)19)16-14(20)21-8-9-4-2-1-3-5-9/h1-6,15,17H,7-8H2,(H,16,20)(H,18,19). The molecular weight excluding hydrogens is 276 g/mol. The van der Waals surface area contributed by atoms with Crippen molar-refractivity contribution in [2.45, 2.75) is 13.2 Å². The first-order valence-corrected chi connectivity index (χ1v) is 6.14. The van der Waals surface area contributed by atoms with Gasteiger partial charge in [0.25, 0.3) is 0 Å². The Morgan fingerprint density at radius 3 is 2.57 bits per heavy atom. The lowest BCUT2D eigenvalue weighted by atomic mass is 10.2. The summed E-state index contributed by atoms with van der Waals surface area (Å²) in [5.41, 5.74) is 0.929. The van der Waals surface area contributed by atoms with Crippen molar-refractivity contribution >= 4 is 17.7 Å². The molecule has 1 heterocycles. The van der Waals surface area contributed by atoms with Crippen LogP contribution in [-0.4, -0.2) is 27.3 Å². The number of aromatic amines is 1. The number of hydrogen-bond donors (Lipinski definition) is 4. The Kier molecular flexibility index (Phi) is 4.57. The van der Waals surface area contributed by atoms with E-state index in [0.29, 0.717) is 0 Å². The van der Waals surface area contributed by atoms with Crippen molar-refractivity contribution in [3.63, 3.8) is 0 Å². The molecule has 0 aliphatic rings. The number of aromatic carboxylic acids is 1. The molecule has 0 unspecified atom stereocenters.